The predicted octanol–water partition coefficient (Wildman–Crippen LogP) is 1.21. The van der Waals surface area contributed by atoms with Crippen molar-refractivity contribution in [3.05, 3.63) is 66.8 Å². The van der Waals surface area contributed by atoms with Gasteiger partial charge < -0.3 is 17.3 Å². The fourth-order valence-electron chi connectivity index (χ4n) is 1.97. The summed E-state index contributed by atoms with van der Waals surface area (Å²) in [6.45, 7) is 0. The lowest BCUT2D eigenvalue weighted by atomic mass is 10.0. The van der Waals surface area contributed by atoms with Crippen LogP contribution in [0, 0.1) is 7.14 Å². The molecule has 2 aromatic carbocycles. The summed E-state index contributed by atoms with van der Waals surface area (Å²) >= 11 is 0.0478. The SMILES string of the molecule is F[B-](F)(F)F.c1ccc2c(c1)CCc1ccccc1[I+]2. The first-order valence-corrected chi connectivity index (χ1v) is 8.27. The van der Waals surface area contributed by atoms with Gasteiger partial charge in [-0.2, -0.15) is 0 Å². The molecule has 1 aliphatic rings. The minimum absolute atomic E-state index is 0.0478. The molecule has 1 aliphatic heterocycles. The molecule has 0 saturated carbocycles. The van der Waals surface area contributed by atoms with Gasteiger partial charge in [0, 0.05) is 11.1 Å². The fraction of sp³-hybridized carbons (Fsp3) is 0.143. The van der Waals surface area contributed by atoms with Crippen LogP contribution in [0.5, 0.6) is 0 Å². The van der Waals surface area contributed by atoms with E-state index in [-0.39, 0.29) is 21.2 Å². The lowest BCUT2D eigenvalue weighted by molar-refractivity contribution is -0.598. The maximum Gasteiger partial charge on any atom is 0.673 e. The normalized spacial score (nSPS) is 13.4. The Morgan fingerprint density at radius 2 is 1.05 bits per heavy atom. The van der Waals surface area contributed by atoms with Crippen molar-refractivity contribution in [2.24, 2.45) is 0 Å². The fourth-order valence-corrected chi connectivity index (χ4v) is 4.96. The topological polar surface area (TPSA) is 0 Å². The number of benzene rings is 2. The zero-order chi connectivity index (χ0) is 14.6. The van der Waals surface area contributed by atoms with Gasteiger partial charge in [0.25, 0.3) is 0 Å². The van der Waals surface area contributed by atoms with Crippen molar-refractivity contribution in [2.75, 3.05) is 0 Å². The zero-order valence-electron chi connectivity index (χ0n) is 10.5. The Morgan fingerprint density at radius 1 is 0.700 bits per heavy atom. The second-order valence-electron chi connectivity index (χ2n) is 4.27. The molecule has 0 aliphatic carbocycles. The smallest absolute Gasteiger partial charge is 0.418 e. The van der Waals surface area contributed by atoms with E-state index in [1.54, 1.807) is 18.3 Å². The van der Waals surface area contributed by atoms with Crippen molar-refractivity contribution in [2.45, 2.75) is 12.8 Å². The lowest BCUT2D eigenvalue weighted by Crippen LogP contribution is -3.61. The van der Waals surface area contributed by atoms with E-state index < -0.39 is 7.25 Å². The largest absolute Gasteiger partial charge is 0.673 e. The molecule has 0 fully saturated rings. The van der Waals surface area contributed by atoms with E-state index >= 15 is 0 Å². The molecule has 6 heteroatoms. The van der Waals surface area contributed by atoms with Crippen LogP contribution in [-0.2, 0) is 12.8 Å². The monoisotopic (exact) mass is 394 g/mol. The molecule has 3 rings (SSSR count). The van der Waals surface area contributed by atoms with Gasteiger partial charge in [-0.3, -0.25) is 0 Å². The number of rotatable bonds is 0. The third-order valence-electron chi connectivity index (χ3n) is 2.78. The first-order valence-electron chi connectivity index (χ1n) is 6.11. The van der Waals surface area contributed by atoms with Crippen LogP contribution in [0.3, 0.4) is 0 Å². The van der Waals surface area contributed by atoms with Gasteiger partial charge >= 0.3 is 28.5 Å². The van der Waals surface area contributed by atoms with E-state index in [1.807, 2.05) is 0 Å². The molecule has 0 spiro atoms. The van der Waals surface area contributed by atoms with E-state index in [1.165, 1.54) is 12.8 Å². The van der Waals surface area contributed by atoms with Crippen molar-refractivity contribution in [3.63, 3.8) is 0 Å². The molecule has 0 nitrogen and oxygen atoms in total. The minimum atomic E-state index is -6.00. The van der Waals surface area contributed by atoms with Crippen LogP contribution < -0.4 is 21.2 Å². The molecule has 0 unspecified atom stereocenters. The van der Waals surface area contributed by atoms with Crippen LogP contribution in [0.2, 0.25) is 0 Å². The summed E-state index contributed by atoms with van der Waals surface area (Å²) < 4.78 is 42.2. The quantitative estimate of drug-likeness (QED) is 0.358. The van der Waals surface area contributed by atoms with Crippen LogP contribution in [0.1, 0.15) is 11.1 Å². The predicted molar refractivity (Wildman–Crippen MR) is 67.9 cm³/mol. The van der Waals surface area contributed by atoms with Gasteiger partial charge in [-0.05, 0) is 25.0 Å². The molecule has 0 saturated heterocycles. The summed E-state index contributed by atoms with van der Waals surface area (Å²) in [6, 6.07) is 17.9. The Morgan fingerprint density at radius 3 is 1.45 bits per heavy atom. The van der Waals surface area contributed by atoms with Gasteiger partial charge in [0.2, 0.25) is 0 Å². The molecule has 0 aromatic heterocycles. The van der Waals surface area contributed by atoms with Crippen molar-refractivity contribution >= 4 is 7.25 Å². The molecular formula is C14H12BF4I. The Balaban J connectivity index is 0.000000257. The Bertz CT molecular complexity index is 532. The average molecular weight is 394 g/mol. The molecule has 0 N–H and O–H groups in total. The van der Waals surface area contributed by atoms with E-state index in [0.29, 0.717) is 0 Å². The third kappa shape index (κ3) is 4.81. The van der Waals surface area contributed by atoms with Gasteiger partial charge in [0.1, 0.15) is 0 Å². The second kappa shape index (κ2) is 6.60. The molecule has 2 aromatic rings. The van der Waals surface area contributed by atoms with Crippen molar-refractivity contribution in [3.8, 4) is 0 Å². The highest BCUT2D eigenvalue weighted by atomic mass is 127. The maximum atomic E-state index is 9.75. The number of hydrogen-bond donors (Lipinski definition) is 0. The van der Waals surface area contributed by atoms with Gasteiger partial charge in [0.15, 0.2) is 7.14 Å². The highest BCUT2D eigenvalue weighted by Gasteiger charge is 2.25. The molecule has 106 valence electrons. The van der Waals surface area contributed by atoms with Crippen LogP contribution in [0.15, 0.2) is 48.5 Å². The molecule has 20 heavy (non-hydrogen) atoms. The summed E-state index contributed by atoms with van der Waals surface area (Å²) in [5.74, 6) is 0. The van der Waals surface area contributed by atoms with Crippen molar-refractivity contribution < 1.29 is 38.5 Å². The highest BCUT2D eigenvalue weighted by Crippen LogP contribution is 2.09. The van der Waals surface area contributed by atoms with E-state index in [9.17, 15) is 17.3 Å². The van der Waals surface area contributed by atoms with E-state index in [2.05, 4.69) is 48.5 Å². The Kier molecular flexibility index (Phi) is 5.07. The third-order valence-corrected chi connectivity index (χ3v) is 6.05. The number of halogens is 5. The number of aryl methyl sites for hydroxylation is 2. The summed E-state index contributed by atoms with van der Waals surface area (Å²) in [6.07, 6.45) is 2.43. The number of fused-ring (bicyclic) bond motifs is 2. The summed E-state index contributed by atoms with van der Waals surface area (Å²) in [5.41, 5.74) is 3.14. The first-order chi connectivity index (χ1) is 9.43. The van der Waals surface area contributed by atoms with E-state index in [0.717, 1.165) is 0 Å². The minimum Gasteiger partial charge on any atom is -0.418 e. The maximum absolute atomic E-state index is 9.75. The molecule has 0 bridgehead atoms. The lowest BCUT2D eigenvalue weighted by Gasteiger charge is -1.96. The van der Waals surface area contributed by atoms with Crippen molar-refractivity contribution in [1.82, 2.24) is 0 Å². The van der Waals surface area contributed by atoms with Gasteiger partial charge in [-0.1, -0.05) is 36.4 Å². The molecule has 1 heterocycles. The van der Waals surface area contributed by atoms with Crippen LogP contribution in [-0.4, -0.2) is 7.25 Å². The summed E-state index contributed by atoms with van der Waals surface area (Å²) in [5, 5.41) is 0. The number of hydrogen-bond acceptors (Lipinski definition) is 0. The summed E-state index contributed by atoms with van der Waals surface area (Å²) in [4.78, 5) is 0. The molecule has 0 radical (unpaired) electrons. The zero-order valence-corrected chi connectivity index (χ0v) is 12.7. The van der Waals surface area contributed by atoms with E-state index in [4.69, 9.17) is 0 Å². The molecule has 0 amide bonds. The van der Waals surface area contributed by atoms with Crippen molar-refractivity contribution in [1.29, 1.82) is 0 Å². The standard InChI is InChI=1S/C14H12I.BF4/c1-3-7-13-11(5-1)9-10-12-6-2-4-8-14(12)15-13;2-1(3,4)5/h1-8H,9-10H2;/q+1;-1. The summed E-state index contributed by atoms with van der Waals surface area (Å²) in [7, 11) is -6.00. The highest BCUT2D eigenvalue weighted by molar-refractivity contribution is 6.50. The average Bonchev–Trinajstić information content (AvgIpc) is 2.55. The van der Waals surface area contributed by atoms with Gasteiger partial charge in [-0.15, -0.1) is 0 Å². The first kappa shape index (κ1) is 15.3. The van der Waals surface area contributed by atoms with Gasteiger partial charge in [-0.25, -0.2) is 0 Å². The molecular weight excluding hydrogens is 382 g/mol. The molecule has 0 atom stereocenters. The van der Waals surface area contributed by atoms with Gasteiger partial charge in [0.05, 0.1) is 0 Å². The van der Waals surface area contributed by atoms with Crippen LogP contribution in [0.25, 0.3) is 0 Å². The van der Waals surface area contributed by atoms with Crippen LogP contribution >= 0.6 is 0 Å². The van der Waals surface area contributed by atoms with Crippen LogP contribution in [0.4, 0.5) is 17.3 Å². The second-order valence-corrected chi connectivity index (χ2v) is 7.14. The Labute approximate surface area is 125 Å². The Hall–Kier alpha value is -1.05.